The number of aliphatic imine (C=N–C) groups is 1. The van der Waals surface area contributed by atoms with Crippen molar-refractivity contribution in [2.45, 2.75) is 19.8 Å². The van der Waals surface area contributed by atoms with E-state index < -0.39 is 0 Å². The van der Waals surface area contributed by atoms with Crippen LogP contribution in [0, 0.1) is 5.92 Å². The van der Waals surface area contributed by atoms with Crippen LogP contribution in [0.25, 0.3) is 0 Å². The van der Waals surface area contributed by atoms with Gasteiger partial charge >= 0.3 is 0 Å². The fourth-order valence-corrected chi connectivity index (χ4v) is 2.12. The molecule has 1 rings (SSSR count). The lowest BCUT2D eigenvalue weighted by molar-refractivity contribution is 0.324. The monoisotopic (exact) mass is 212 g/mol. The number of nitrogens with zero attached hydrogens (tertiary/aromatic N) is 2. The van der Waals surface area contributed by atoms with Crippen LogP contribution in [-0.2, 0) is 0 Å². The predicted molar refractivity (Wildman–Crippen MR) is 65.3 cm³/mol. The van der Waals surface area contributed by atoms with Gasteiger partial charge in [-0.3, -0.25) is 4.99 Å². The normalized spacial score (nSPS) is 23.1. The average molecular weight is 212 g/mol. The molecule has 0 aliphatic carbocycles. The van der Waals surface area contributed by atoms with Crippen LogP contribution in [-0.4, -0.2) is 51.1 Å². The second kappa shape index (κ2) is 6.67. The predicted octanol–water partition coefficient (Wildman–Crippen LogP) is 0.513. The molecule has 1 fully saturated rings. The Bertz CT molecular complexity index is 203. The molecule has 1 aliphatic rings. The van der Waals surface area contributed by atoms with E-state index in [-0.39, 0.29) is 0 Å². The first-order valence-electron chi connectivity index (χ1n) is 5.90. The van der Waals surface area contributed by atoms with Crippen LogP contribution in [0.4, 0.5) is 0 Å². The lowest BCUT2D eigenvalue weighted by Crippen LogP contribution is -2.38. The van der Waals surface area contributed by atoms with E-state index in [9.17, 15) is 0 Å². The molecule has 0 amide bonds. The first-order valence-corrected chi connectivity index (χ1v) is 5.90. The van der Waals surface area contributed by atoms with Gasteiger partial charge in [-0.1, -0.05) is 6.92 Å². The van der Waals surface area contributed by atoms with Crippen LogP contribution in [0.2, 0.25) is 0 Å². The standard InChI is InChI=1S/C11H24N4/c1-4-6-15-7-5-10(9-15)8-14-11(12-2)13-3/h10H,4-9H2,1-3H3,(H2,12,13,14). The lowest BCUT2D eigenvalue weighted by Gasteiger charge is -2.15. The van der Waals surface area contributed by atoms with Gasteiger partial charge in [0.25, 0.3) is 0 Å². The van der Waals surface area contributed by atoms with E-state index in [0.29, 0.717) is 0 Å². The number of hydrogen-bond acceptors (Lipinski definition) is 2. The molecule has 1 unspecified atom stereocenters. The minimum atomic E-state index is 0.779. The summed E-state index contributed by atoms with van der Waals surface area (Å²) in [6.45, 7) is 7.03. The van der Waals surface area contributed by atoms with Gasteiger partial charge in [0.15, 0.2) is 5.96 Å². The van der Waals surface area contributed by atoms with E-state index in [1.807, 2.05) is 7.05 Å². The van der Waals surface area contributed by atoms with Crippen LogP contribution >= 0.6 is 0 Å². The van der Waals surface area contributed by atoms with E-state index in [0.717, 1.165) is 18.4 Å². The molecule has 88 valence electrons. The number of hydrogen-bond donors (Lipinski definition) is 2. The van der Waals surface area contributed by atoms with E-state index in [2.05, 4.69) is 27.4 Å². The zero-order chi connectivity index (χ0) is 11.1. The van der Waals surface area contributed by atoms with Gasteiger partial charge in [-0.25, -0.2) is 0 Å². The molecule has 2 N–H and O–H groups in total. The van der Waals surface area contributed by atoms with Gasteiger partial charge in [0.05, 0.1) is 0 Å². The average Bonchev–Trinajstić information content (AvgIpc) is 2.68. The molecular formula is C11H24N4. The zero-order valence-electron chi connectivity index (χ0n) is 10.2. The molecule has 0 aromatic carbocycles. The van der Waals surface area contributed by atoms with E-state index in [1.165, 1.54) is 32.5 Å². The smallest absolute Gasteiger partial charge is 0.190 e. The number of nitrogens with one attached hydrogen (secondary N) is 2. The molecule has 0 saturated carbocycles. The highest BCUT2D eigenvalue weighted by Gasteiger charge is 2.21. The van der Waals surface area contributed by atoms with Crippen molar-refractivity contribution in [1.29, 1.82) is 0 Å². The summed E-state index contributed by atoms with van der Waals surface area (Å²) in [6, 6.07) is 0. The summed E-state index contributed by atoms with van der Waals surface area (Å²) >= 11 is 0. The molecule has 0 bridgehead atoms. The first-order chi connectivity index (χ1) is 7.30. The van der Waals surface area contributed by atoms with Crippen molar-refractivity contribution in [2.24, 2.45) is 10.9 Å². The second-order valence-electron chi connectivity index (χ2n) is 4.16. The molecule has 4 nitrogen and oxygen atoms in total. The third-order valence-electron chi connectivity index (χ3n) is 2.93. The second-order valence-corrected chi connectivity index (χ2v) is 4.16. The van der Waals surface area contributed by atoms with Crippen molar-refractivity contribution in [3.8, 4) is 0 Å². The Labute approximate surface area is 93.1 Å². The maximum atomic E-state index is 4.10. The zero-order valence-corrected chi connectivity index (χ0v) is 10.2. The van der Waals surface area contributed by atoms with Gasteiger partial charge in [-0.15, -0.1) is 0 Å². The van der Waals surface area contributed by atoms with Crippen LogP contribution < -0.4 is 10.6 Å². The maximum Gasteiger partial charge on any atom is 0.190 e. The Hall–Kier alpha value is -0.770. The van der Waals surface area contributed by atoms with Crippen LogP contribution in [0.3, 0.4) is 0 Å². The van der Waals surface area contributed by atoms with Crippen LogP contribution in [0.5, 0.6) is 0 Å². The SMILES string of the molecule is CCCN1CCC(CNC(=NC)NC)C1. The van der Waals surface area contributed by atoms with Crippen LogP contribution in [0.15, 0.2) is 4.99 Å². The molecule has 1 aliphatic heterocycles. The van der Waals surface area contributed by atoms with Crippen molar-refractivity contribution in [3.05, 3.63) is 0 Å². The molecule has 1 atom stereocenters. The Balaban J connectivity index is 2.18. The molecule has 0 aromatic rings. The molecule has 15 heavy (non-hydrogen) atoms. The Morgan fingerprint density at radius 1 is 1.53 bits per heavy atom. The summed E-state index contributed by atoms with van der Waals surface area (Å²) < 4.78 is 0. The topological polar surface area (TPSA) is 39.7 Å². The lowest BCUT2D eigenvalue weighted by atomic mass is 10.1. The van der Waals surface area contributed by atoms with Crippen molar-refractivity contribution in [2.75, 3.05) is 40.3 Å². The summed E-state index contributed by atoms with van der Waals surface area (Å²) in [5, 5.41) is 6.37. The summed E-state index contributed by atoms with van der Waals surface area (Å²) in [4.78, 5) is 6.65. The van der Waals surface area contributed by atoms with Crippen molar-refractivity contribution < 1.29 is 0 Å². The highest BCUT2D eigenvalue weighted by Crippen LogP contribution is 2.15. The number of rotatable bonds is 4. The van der Waals surface area contributed by atoms with Crippen LogP contribution in [0.1, 0.15) is 19.8 Å². The van der Waals surface area contributed by atoms with Crippen molar-refractivity contribution >= 4 is 5.96 Å². The third kappa shape index (κ3) is 4.08. The Kier molecular flexibility index (Phi) is 5.47. The summed E-state index contributed by atoms with van der Waals surface area (Å²) in [5.41, 5.74) is 0. The third-order valence-corrected chi connectivity index (χ3v) is 2.93. The number of likely N-dealkylation sites (tertiary alicyclic amines) is 1. The van der Waals surface area contributed by atoms with Gasteiger partial charge in [-0.2, -0.15) is 0 Å². The minimum Gasteiger partial charge on any atom is -0.359 e. The van der Waals surface area contributed by atoms with Gasteiger partial charge in [0.2, 0.25) is 0 Å². The molecular weight excluding hydrogens is 188 g/mol. The Morgan fingerprint density at radius 3 is 2.93 bits per heavy atom. The fourth-order valence-electron chi connectivity index (χ4n) is 2.12. The minimum absolute atomic E-state index is 0.779. The largest absolute Gasteiger partial charge is 0.359 e. The Morgan fingerprint density at radius 2 is 2.33 bits per heavy atom. The molecule has 0 aromatic heterocycles. The van der Waals surface area contributed by atoms with Crippen molar-refractivity contribution in [1.82, 2.24) is 15.5 Å². The van der Waals surface area contributed by atoms with Gasteiger partial charge < -0.3 is 15.5 Å². The quantitative estimate of drug-likeness (QED) is 0.527. The molecule has 0 radical (unpaired) electrons. The summed E-state index contributed by atoms with van der Waals surface area (Å²) in [6.07, 6.45) is 2.58. The first kappa shape index (κ1) is 12.3. The fraction of sp³-hybridized carbons (Fsp3) is 0.909. The van der Waals surface area contributed by atoms with E-state index in [4.69, 9.17) is 0 Å². The molecule has 0 spiro atoms. The summed E-state index contributed by atoms with van der Waals surface area (Å²) in [7, 11) is 3.70. The van der Waals surface area contributed by atoms with E-state index >= 15 is 0 Å². The molecule has 4 heteroatoms. The highest BCUT2D eigenvalue weighted by atomic mass is 15.2. The highest BCUT2D eigenvalue weighted by molar-refractivity contribution is 5.79. The van der Waals surface area contributed by atoms with Crippen molar-refractivity contribution in [3.63, 3.8) is 0 Å². The number of guanidine groups is 1. The van der Waals surface area contributed by atoms with Gasteiger partial charge in [0.1, 0.15) is 0 Å². The molecule has 1 heterocycles. The van der Waals surface area contributed by atoms with Gasteiger partial charge in [0, 0.05) is 27.2 Å². The van der Waals surface area contributed by atoms with Gasteiger partial charge in [-0.05, 0) is 31.8 Å². The van der Waals surface area contributed by atoms with E-state index in [1.54, 1.807) is 7.05 Å². The molecule has 1 saturated heterocycles. The maximum absolute atomic E-state index is 4.10. The summed E-state index contributed by atoms with van der Waals surface area (Å²) in [5.74, 6) is 1.67.